The molecule has 1 aliphatic heterocycles. The topological polar surface area (TPSA) is 47.6 Å². The Labute approximate surface area is 130 Å². The number of anilines is 1. The molecule has 0 spiro atoms. The van der Waals surface area contributed by atoms with E-state index in [0.717, 1.165) is 29.8 Å². The second kappa shape index (κ2) is 6.10. The fourth-order valence-electron chi connectivity index (χ4n) is 2.83. The zero-order chi connectivity index (χ0) is 15.5. The number of ether oxygens (including phenoxy) is 2. The lowest BCUT2D eigenvalue weighted by Gasteiger charge is -2.27. The minimum Gasteiger partial charge on any atom is -0.497 e. The van der Waals surface area contributed by atoms with E-state index in [-0.39, 0.29) is 12.0 Å². The summed E-state index contributed by atoms with van der Waals surface area (Å²) in [6.45, 7) is 0. The number of fused-ring (bicyclic) bond motifs is 1. The molecule has 0 aliphatic carbocycles. The van der Waals surface area contributed by atoms with Crippen LogP contribution in [0.1, 0.15) is 33.9 Å². The highest BCUT2D eigenvalue weighted by Gasteiger charge is 2.20. The fourth-order valence-corrected chi connectivity index (χ4v) is 2.83. The van der Waals surface area contributed by atoms with Crippen molar-refractivity contribution >= 4 is 11.7 Å². The maximum absolute atomic E-state index is 11.6. The zero-order valence-electron chi connectivity index (χ0n) is 12.8. The highest BCUT2D eigenvalue weighted by atomic mass is 16.5. The number of methoxy groups -OCH3 is 2. The van der Waals surface area contributed by atoms with E-state index in [1.54, 1.807) is 13.2 Å². The first kappa shape index (κ1) is 14.4. The number of benzene rings is 2. The first-order valence-corrected chi connectivity index (χ1v) is 7.33. The Morgan fingerprint density at radius 1 is 1.14 bits per heavy atom. The van der Waals surface area contributed by atoms with Crippen molar-refractivity contribution in [2.24, 2.45) is 0 Å². The quantitative estimate of drug-likeness (QED) is 0.880. The van der Waals surface area contributed by atoms with Crippen LogP contribution in [0.3, 0.4) is 0 Å². The van der Waals surface area contributed by atoms with Crippen LogP contribution in [0.25, 0.3) is 0 Å². The van der Waals surface area contributed by atoms with E-state index < -0.39 is 0 Å². The number of hydrogen-bond donors (Lipinski definition) is 1. The van der Waals surface area contributed by atoms with Crippen LogP contribution in [-0.4, -0.2) is 20.2 Å². The first-order valence-electron chi connectivity index (χ1n) is 7.33. The van der Waals surface area contributed by atoms with Crippen molar-refractivity contribution in [2.45, 2.75) is 18.9 Å². The summed E-state index contributed by atoms with van der Waals surface area (Å²) >= 11 is 0. The minimum atomic E-state index is -0.292. The maximum Gasteiger partial charge on any atom is 0.337 e. The Morgan fingerprint density at radius 3 is 2.59 bits per heavy atom. The molecule has 3 rings (SSSR count). The number of nitrogens with one attached hydrogen (secondary N) is 1. The summed E-state index contributed by atoms with van der Waals surface area (Å²) in [5.41, 5.74) is 4.09. The van der Waals surface area contributed by atoms with Gasteiger partial charge in [0.15, 0.2) is 0 Å². The van der Waals surface area contributed by atoms with E-state index in [1.807, 2.05) is 24.3 Å². The molecule has 0 unspecified atom stereocenters. The molecule has 1 heterocycles. The van der Waals surface area contributed by atoms with Crippen LogP contribution < -0.4 is 10.1 Å². The van der Waals surface area contributed by atoms with E-state index in [4.69, 9.17) is 9.47 Å². The molecule has 0 aromatic heterocycles. The van der Waals surface area contributed by atoms with Gasteiger partial charge in [-0.15, -0.1) is 0 Å². The average molecular weight is 297 g/mol. The molecule has 2 aromatic rings. The smallest absolute Gasteiger partial charge is 0.337 e. The summed E-state index contributed by atoms with van der Waals surface area (Å²) in [5.74, 6) is 0.572. The van der Waals surface area contributed by atoms with E-state index in [9.17, 15) is 4.79 Å². The second-order valence-electron chi connectivity index (χ2n) is 5.37. The summed E-state index contributed by atoms with van der Waals surface area (Å²) in [6, 6.07) is 14.1. The van der Waals surface area contributed by atoms with Gasteiger partial charge in [0.1, 0.15) is 5.75 Å². The lowest BCUT2D eigenvalue weighted by molar-refractivity contribution is 0.0600. The van der Waals surface area contributed by atoms with Gasteiger partial charge in [-0.2, -0.15) is 0 Å². The summed E-state index contributed by atoms with van der Waals surface area (Å²) < 4.78 is 9.96. The molecule has 0 amide bonds. The van der Waals surface area contributed by atoms with Gasteiger partial charge in [0.25, 0.3) is 0 Å². The average Bonchev–Trinajstić information content (AvgIpc) is 2.60. The van der Waals surface area contributed by atoms with Gasteiger partial charge in [-0.3, -0.25) is 0 Å². The van der Waals surface area contributed by atoms with Crippen molar-refractivity contribution < 1.29 is 14.3 Å². The third kappa shape index (κ3) is 2.77. The molecule has 4 heteroatoms. The number of carbonyl (C=O) groups excluding carboxylic acids is 1. The lowest BCUT2D eigenvalue weighted by atomic mass is 9.92. The SMILES string of the molecule is COC(=O)c1ccc2c(c1)CC[C@@H](c1ccc(OC)cc1)N2. The number of hydrogen-bond acceptors (Lipinski definition) is 4. The third-order valence-electron chi connectivity index (χ3n) is 4.08. The molecule has 0 fully saturated rings. The summed E-state index contributed by atoms with van der Waals surface area (Å²) in [7, 11) is 3.07. The van der Waals surface area contributed by atoms with Gasteiger partial charge in [-0.05, 0) is 54.3 Å². The molecule has 4 nitrogen and oxygen atoms in total. The highest BCUT2D eigenvalue weighted by molar-refractivity contribution is 5.90. The Kier molecular flexibility index (Phi) is 4.00. The molecule has 1 N–H and O–H groups in total. The van der Waals surface area contributed by atoms with Gasteiger partial charge in [0.05, 0.1) is 25.8 Å². The maximum atomic E-state index is 11.6. The monoisotopic (exact) mass is 297 g/mol. The Morgan fingerprint density at radius 2 is 1.91 bits per heavy atom. The van der Waals surface area contributed by atoms with Crippen LogP contribution >= 0.6 is 0 Å². The largest absolute Gasteiger partial charge is 0.497 e. The standard InChI is InChI=1S/C18H19NO3/c1-21-15-7-3-12(4-8-15)16-9-5-13-11-14(18(20)22-2)6-10-17(13)19-16/h3-4,6-8,10-11,16,19H,5,9H2,1-2H3/t16-/m0/s1. The fraction of sp³-hybridized carbons (Fsp3) is 0.278. The number of rotatable bonds is 3. The second-order valence-corrected chi connectivity index (χ2v) is 5.37. The molecule has 1 aliphatic rings. The van der Waals surface area contributed by atoms with E-state index in [1.165, 1.54) is 12.7 Å². The molecule has 22 heavy (non-hydrogen) atoms. The molecule has 0 saturated carbocycles. The number of carbonyl (C=O) groups is 1. The van der Waals surface area contributed by atoms with Crippen LogP contribution in [0.5, 0.6) is 5.75 Å². The zero-order valence-corrected chi connectivity index (χ0v) is 12.8. The predicted molar refractivity (Wildman–Crippen MR) is 85.5 cm³/mol. The molecule has 0 radical (unpaired) electrons. The molecule has 0 bridgehead atoms. The molecular weight excluding hydrogens is 278 g/mol. The number of esters is 1. The Balaban J connectivity index is 1.80. The van der Waals surface area contributed by atoms with Gasteiger partial charge in [0.2, 0.25) is 0 Å². The summed E-state index contributed by atoms with van der Waals surface area (Å²) in [4.78, 5) is 11.6. The van der Waals surface area contributed by atoms with E-state index >= 15 is 0 Å². The highest BCUT2D eigenvalue weighted by Crippen LogP contribution is 2.33. The van der Waals surface area contributed by atoms with Crippen molar-refractivity contribution in [2.75, 3.05) is 19.5 Å². The molecular formula is C18H19NO3. The van der Waals surface area contributed by atoms with Crippen LogP contribution in [0.4, 0.5) is 5.69 Å². The Bertz CT molecular complexity index is 679. The van der Waals surface area contributed by atoms with Gasteiger partial charge in [-0.25, -0.2) is 4.79 Å². The van der Waals surface area contributed by atoms with Crippen LogP contribution in [0.2, 0.25) is 0 Å². The molecule has 2 aromatic carbocycles. The Hall–Kier alpha value is -2.49. The van der Waals surface area contributed by atoms with Gasteiger partial charge < -0.3 is 14.8 Å². The lowest BCUT2D eigenvalue weighted by Crippen LogP contribution is -2.18. The van der Waals surface area contributed by atoms with Crippen LogP contribution in [0.15, 0.2) is 42.5 Å². The molecule has 114 valence electrons. The van der Waals surface area contributed by atoms with Gasteiger partial charge in [0, 0.05) is 5.69 Å². The van der Waals surface area contributed by atoms with E-state index in [2.05, 4.69) is 17.4 Å². The van der Waals surface area contributed by atoms with Crippen molar-refractivity contribution in [3.05, 3.63) is 59.2 Å². The molecule has 1 atom stereocenters. The third-order valence-corrected chi connectivity index (χ3v) is 4.08. The summed E-state index contributed by atoms with van der Waals surface area (Å²) in [6.07, 6.45) is 1.92. The van der Waals surface area contributed by atoms with Crippen molar-refractivity contribution in [3.63, 3.8) is 0 Å². The van der Waals surface area contributed by atoms with Crippen molar-refractivity contribution in [3.8, 4) is 5.75 Å². The van der Waals surface area contributed by atoms with E-state index in [0.29, 0.717) is 5.56 Å². The van der Waals surface area contributed by atoms with Crippen LogP contribution in [0, 0.1) is 0 Å². The normalized spacial score (nSPS) is 16.4. The van der Waals surface area contributed by atoms with Crippen molar-refractivity contribution in [1.29, 1.82) is 0 Å². The summed E-state index contributed by atoms with van der Waals surface area (Å²) in [5, 5.41) is 3.54. The van der Waals surface area contributed by atoms with Gasteiger partial charge >= 0.3 is 5.97 Å². The van der Waals surface area contributed by atoms with Gasteiger partial charge in [-0.1, -0.05) is 12.1 Å². The molecule has 0 saturated heterocycles. The predicted octanol–water partition coefficient (Wildman–Crippen LogP) is 3.58. The van der Waals surface area contributed by atoms with Crippen molar-refractivity contribution in [1.82, 2.24) is 0 Å². The first-order chi connectivity index (χ1) is 10.7. The number of aryl methyl sites for hydroxylation is 1. The van der Waals surface area contributed by atoms with Crippen LogP contribution in [-0.2, 0) is 11.2 Å². The minimum absolute atomic E-state index is 0.280.